The van der Waals surface area contributed by atoms with Crippen molar-refractivity contribution in [1.82, 2.24) is 14.5 Å². The Morgan fingerprint density at radius 1 is 0.848 bits per heavy atom. The van der Waals surface area contributed by atoms with Crippen LogP contribution in [-0.4, -0.2) is 30.0 Å². The predicted octanol–water partition coefficient (Wildman–Crippen LogP) is 3.84. The first kappa shape index (κ1) is 22.4. The summed E-state index contributed by atoms with van der Waals surface area (Å²) in [4.78, 5) is 11.4. The Morgan fingerprint density at radius 3 is 1.97 bits per heavy atom. The van der Waals surface area contributed by atoms with E-state index in [4.69, 9.17) is 4.74 Å². The largest absolute Gasteiger partial charge is 0.495 e. The molecule has 1 aromatic heterocycles. The van der Waals surface area contributed by atoms with Crippen molar-refractivity contribution in [2.24, 2.45) is 0 Å². The maximum Gasteiger partial charge on any atom is 0.264 e. The van der Waals surface area contributed by atoms with E-state index in [-0.39, 0.29) is 29.3 Å². The molecule has 0 fully saturated rings. The molecule has 1 heterocycles. The monoisotopic (exact) mass is 461 g/mol. The number of ether oxygens (including phenoxy) is 1. The first-order valence-corrected chi connectivity index (χ1v) is 11.7. The average molecular weight is 462 g/mol. The molecule has 0 amide bonds. The van der Waals surface area contributed by atoms with Crippen LogP contribution in [0.25, 0.3) is 11.3 Å². The van der Waals surface area contributed by atoms with E-state index < -0.39 is 10.0 Å². The average Bonchev–Trinajstić information content (AvgIpc) is 2.85. The van der Waals surface area contributed by atoms with Gasteiger partial charge in [-0.2, -0.15) is 9.40 Å². The van der Waals surface area contributed by atoms with E-state index in [0.717, 1.165) is 11.1 Å². The molecular weight excluding hydrogens is 438 g/mol. The Bertz CT molecular complexity index is 1330. The van der Waals surface area contributed by atoms with Gasteiger partial charge in [0.25, 0.3) is 5.56 Å². The van der Waals surface area contributed by atoms with Crippen molar-refractivity contribution in [3.05, 3.63) is 112 Å². The highest BCUT2D eigenvalue weighted by atomic mass is 32.2. The number of nitrogens with zero attached hydrogens (tertiary/aromatic N) is 2. The lowest BCUT2D eigenvalue weighted by molar-refractivity contribution is 0.383. The molecule has 0 aliphatic carbocycles. The van der Waals surface area contributed by atoms with Crippen molar-refractivity contribution in [2.45, 2.75) is 18.0 Å². The van der Waals surface area contributed by atoms with Crippen LogP contribution in [0.15, 0.2) is 101 Å². The van der Waals surface area contributed by atoms with Crippen LogP contribution < -0.4 is 10.3 Å². The van der Waals surface area contributed by atoms with Crippen LogP contribution in [0.3, 0.4) is 0 Å². The SMILES string of the molecule is COc1ccc(-c2ccc(=O)[nH]n2)cc1S(=O)(=O)N(Cc1ccccc1)Cc1ccccc1. The number of hydrogen-bond donors (Lipinski definition) is 1. The van der Waals surface area contributed by atoms with Gasteiger partial charge in [-0.05, 0) is 35.4 Å². The molecule has 0 atom stereocenters. The third-order valence-corrected chi connectivity index (χ3v) is 6.97. The number of sulfonamides is 1. The smallest absolute Gasteiger partial charge is 0.264 e. The summed E-state index contributed by atoms with van der Waals surface area (Å²) in [6, 6.07) is 26.6. The number of benzene rings is 3. The zero-order valence-electron chi connectivity index (χ0n) is 18.0. The molecule has 4 rings (SSSR count). The maximum atomic E-state index is 13.9. The fourth-order valence-electron chi connectivity index (χ4n) is 3.48. The minimum Gasteiger partial charge on any atom is -0.495 e. The highest BCUT2D eigenvalue weighted by Crippen LogP contribution is 2.32. The van der Waals surface area contributed by atoms with Crippen molar-refractivity contribution in [3.8, 4) is 17.0 Å². The standard InChI is InChI=1S/C25H23N3O4S/c1-32-23-14-12-21(22-13-15-25(29)27-26-22)16-24(23)33(30,31)28(17-19-8-4-2-5-9-19)18-20-10-6-3-7-11-20/h2-16H,17-18H2,1H3,(H,27,29). The molecule has 0 aliphatic rings. The van der Waals surface area contributed by atoms with Crippen LogP contribution in [0, 0.1) is 0 Å². The lowest BCUT2D eigenvalue weighted by Crippen LogP contribution is -2.30. The van der Waals surface area contributed by atoms with Crippen molar-refractivity contribution in [1.29, 1.82) is 0 Å². The Balaban J connectivity index is 1.79. The van der Waals surface area contributed by atoms with Crippen molar-refractivity contribution >= 4 is 10.0 Å². The second kappa shape index (κ2) is 9.81. The molecule has 7 nitrogen and oxygen atoms in total. The van der Waals surface area contributed by atoms with E-state index in [1.165, 1.54) is 23.5 Å². The topological polar surface area (TPSA) is 92.4 Å². The number of H-pyrrole nitrogens is 1. The first-order chi connectivity index (χ1) is 16.0. The Hall–Kier alpha value is -3.75. The molecule has 0 saturated heterocycles. The second-order valence-corrected chi connectivity index (χ2v) is 9.32. The van der Waals surface area contributed by atoms with Crippen molar-refractivity contribution in [2.75, 3.05) is 7.11 Å². The van der Waals surface area contributed by atoms with E-state index >= 15 is 0 Å². The fraction of sp³-hybridized carbons (Fsp3) is 0.120. The predicted molar refractivity (Wildman–Crippen MR) is 126 cm³/mol. The highest BCUT2D eigenvalue weighted by Gasteiger charge is 2.29. The Labute approximate surface area is 192 Å². The summed E-state index contributed by atoms with van der Waals surface area (Å²) in [5, 5.41) is 6.40. The van der Waals surface area contributed by atoms with Gasteiger partial charge in [0.05, 0.1) is 12.8 Å². The van der Waals surface area contributed by atoms with Crippen LogP contribution in [0.5, 0.6) is 5.75 Å². The van der Waals surface area contributed by atoms with Crippen LogP contribution >= 0.6 is 0 Å². The molecule has 0 unspecified atom stereocenters. The molecule has 0 radical (unpaired) electrons. The molecule has 0 spiro atoms. The van der Waals surface area contributed by atoms with Gasteiger partial charge in [-0.1, -0.05) is 60.7 Å². The lowest BCUT2D eigenvalue weighted by Gasteiger charge is -2.24. The van der Waals surface area contributed by atoms with Gasteiger partial charge in [-0.25, -0.2) is 13.5 Å². The lowest BCUT2D eigenvalue weighted by atomic mass is 10.1. The van der Waals surface area contributed by atoms with Gasteiger partial charge in [0.1, 0.15) is 10.6 Å². The van der Waals surface area contributed by atoms with Gasteiger partial charge < -0.3 is 4.74 Å². The summed E-state index contributed by atoms with van der Waals surface area (Å²) in [7, 11) is -2.53. The molecular formula is C25H23N3O4S. The summed E-state index contributed by atoms with van der Waals surface area (Å²) in [5.41, 5.74) is 2.40. The van der Waals surface area contributed by atoms with E-state index in [1.54, 1.807) is 18.2 Å². The number of rotatable bonds is 8. The number of methoxy groups -OCH3 is 1. The zero-order valence-corrected chi connectivity index (χ0v) is 18.8. The van der Waals surface area contributed by atoms with Gasteiger partial charge in [-0.15, -0.1) is 0 Å². The number of nitrogens with one attached hydrogen (secondary N) is 1. The van der Waals surface area contributed by atoms with Crippen LogP contribution in [0.1, 0.15) is 11.1 Å². The summed E-state index contributed by atoms with van der Waals surface area (Å²) in [6.45, 7) is 0.394. The summed E-state index contributed by atoms with van der Waals surface area (Å²) < 4.78 is 34.7. The second-order valence-electron chi connectivity index (χ2n) is 7.42. The molecule has 4 aromatic rings. The zero-order chi connectivity index (χ0) is 23.3. The fourth-order valence-corrected chi connectivity index (χ4v) is 5.08. The first-order valence-electron chi connectivity index (χ1n) is 10.3. The summed E-state index contributed by atoms with van der Waals surface area (Å²) >= 11 is 0. The normalized spacial score (nSPS) is 11.5. The van der Waals surface area contributed by atoms with E-state index in [9.17, 15) is 13.2 Å². The molecule has 0 bridgehead atoms. The Morgan fingerprint density at radius 2 is 1.45 bits per heavy atom. The quantitative estimate of drug-likeness (QED) is 0.430. The molecule has 3 aromatic carbocycles. The molecule has 33 heavy (non-hydrogen) atoms. The third-order valence-electron chi connectivity index (χ3n) is 5.16. The minimum atomic E-state index is -3.97. The number of hydrogen-bond acceptors (Lipinski definition) is 5. The van der Waals surface area contributed by atoms with Gasteiger partial charge in [0.2, 0.25) is 10.0 Å². The minimum absolute atomic E-state index is 0.0300. The van der Waals surface area contributed by atoms with Gasteiger partial charge in [-0.3, -0.25) is 4.79 Å². The summed E-state index contributed by atoms with van der Waals surface area (Å²) in [5.74, 6) is 0.231. The van der Waals surface area contributed by atoms with Crippen molar-refractivity contribution < 1.29 is 13.2 Å². The maximum absolute atomic E-state index is 13.9. The molecule has 8 heteroatoms. The van der Waals surface area contributed by atoms with Gasteiger partial charge in [0.15, 0.2) is 0 Å². The molecule has 1 N–H and O–H groups in total. The van der Waals surface area contributed by atoms with E-state index in [0.29, 0.717) is 11.3 Å². The van der Waals surface area contributed by atoms with Gasteiger partial charge >= 0.3 is 0 Å². The highest BCUT2D eigenvalue weighted by molar-refractivity contribution is 7.89. The number of aromatic nitrogens is 2. The van der Waals surface area contributed by atoms with E-state index in [2.05, 4.69) is 10.2 Å². The molecule has 0 aliphatic heterocycles. The van der Waals surface area contributed by atoms with E-state index in [1.807, 2.05) is 60.7 Å². The third kappa shape index (κ3) is 5.19. The van der Waals surface area contributed by atoms with Crippen LogP contribution in [0.2, 0.25) is 0 Å². The van der Waals surface area contributed by atoms with Crippen LogP contribution in [0.4, 0.5) is 0 Å². The number of aromatic amines is 1. The Kier molecular flexibility index (Phi) is 6.67. The summed E-state index contributed by atoms with van der Waals surface area (Å²) in [6.07, 6.45) is 0. The van der Waals surface area contributed by atoms with Crippen LogP contribution in [-0.2, 0) is 23.1 Å². The van der Waals surface area contributed by atoms with Crippen molar-refractivity contribution in [3.63, 3.8) is 0 Å². The molecule has 168 valence electrons. The van der Waals surface area contributed by atoms with Gasteiger partial charge in [0, 0.05) is 24.7 Å². The molecule has 0 saturated carbocycles.